The zero-order valence-corrected chi connectivity index (χ0v) is 18.0. The Morgan fingerprint density at radius 1 is 1.13 bits per heavy atom. The zero-order valence-electron chi connectivity index (χ0n) is 17.2. The van der Waals surface area contributed by atoms with Crippen molar-refractivity contribution in [1.29, 1.82) is 0 Å². The number of nitro groups is 1. The van der Waals surface area contributed by atoms with Gasteiger partial charge in [-0.25, -0.2) is 0 Å². The van der Waals surface area contributed by atoms with Crippen LogP contribution in [-0.2, 0) is 19.3 Å². The molecule has 10 nitrogen and oxygen atoms in total. The predicted molar refractivity (Wildman–Crippen MR) is 114 cm³/mol. The Morgan fingerprint density at radius 3 is 2.48 bits per heavy atom. The Morgan fingerprint density at radius 2 is 1.84 bits per heavy atom. The first kappa shape index (κ1) is 22.1. The number of ether oxygens (including phenoxy) is 2. The predicted octanol–water partition coefficient (Wildman–Crippen LogP) is 2.96. The largest absolute Gasteiger partial charge is 0.493 e. The van der Waals surface area contributed by atoms with Gasteiger partial charge in [-0.1, -0.05) is 23.9 Å². The van der Waals surface area contributed by atoms with Gasteiger partial charge in [0, 0.05) is 30.5 Å². The molecule has 162 valence electrons. The smallest absolute Gasteiger partial charge is 0.269 e. The van der Waals surface area contributed by atoms with Crippen LogP contribution in [0.3, 0.4) is 0 Å². The van der Waals surface area contributed by atoms with Crippen molar-refractivity contribution in [3.8, 4) is 11.5 Å². The van der Waals surface area contributed by atoms with Gasteiger partial charge in [0.1, 0.15) is 0 Å². The minimum absolute atomic E-state index is 0.0555. The van der Waals surface area contributed by atoms with Crippen molar-refractivity contribution in [2.75, 3.05) is 14.2 Å². The molecule has 1 amide bonds. The summed E-state index contributed by atoms with van der Waals surface area (Å²) in [4.78, 5) is 22.8. The summed E-state index contributed by atoms with van der Waals surface area (Å²) in [6, 6.07) is 11.3. The van der Waals surface area contributed by atoms with Crippen molar-refractivity contribution in [1.82, 2.24) is 20.1 Å². The zero-order chi connectivity index (χ0) is 22.4. The van der Waals surface area contributed by atoms with E-state index in [0.29, 0.717) is 33.8 Å². The average molecular weight is 443 g/mol. The minimum atomic E-state index is -0.428. The maximum atomic E-state index is 12.5. The fourth-order valence-corrected chi connectivity index (χ4v) is 3.61. The number of nitrogens with zero attached hydrogens (tertiary/aromatic N) is 4. The van der Waals surface area contributed by atoms with Crippen LogP contribution < -0.4 is 14.8 Å². The first-order valence-electron chi connectivity index (χ1n) is 9.17. The Balaban J connectivity index is 1.58. The number of hydrogen-bond acceptors (Lipinski definition) is 8. The molecule has 1 aromatic heterocycles. The Kier molecular flexibility index (Phi) is 7.08. The first-order chi connectivity index (χ1) is 14.9. The number of nitro benzene ring substituents is 1. The molecule has 0 spiro atoms. The van der Waals surface area contributed by atoms with Crippen molar-refractivity contribution in [2.24, 2.45) is 7.05 Å². The summed E-state index contributed by atoms with van der Waals surface area (Å²) >= 11 is 1.45. The number of benzene rings is 2. The van der Waals surface area contributed by atoms with Crippen molar-refractivity contribution >= 4 is 23.4 Å². The van der Waals surface area contributed by atoms with Crippen molar-refractivity contribution in [3.05, 3.63) is 69.5 Å². The minimum Gasteiger partial charge on any atom is -0.493 e. The third-order valence-electron chi connectivity index (χ3n) is 4.49. The monoisotopic (exact) mass is 443 g/mol. The van der Waals surface area contributed by atoms with Gasteiger partial charge in [-0.2, -0.15) is 0 Å². The van der Waals surface area contributed by atoms with Gasteiger partial charge in [-0.3, -0.25) is 14.9 Å². The summed E-state index contributed by atoms with van der Waals surface area (Å²) in [5.41, 5.74) is 1.43. The van der Waals surface area contributed by atoms with Crippen molar-refractivity contribution < 1.29 is 19.2 Å². The quantitative estimate of drug-likeness (QED) is 0.304. The summed E-state index contributed by atoms with van der Waals surface area (Å²) in [7, 11) is 4.86. The maximum Gasteiger partial charge on any atom is 0.269 e. The van der Waals surface area contributed by atoms with Crippen LogP contribution >= 0.6 is 11.8 Å². The highest BCUT2D eigenvalue weighted by atomic mass is 32.2. The number of rotatable bonds is 9. The fraction of sp³-hybridized carbons (Fsp3) is 0.250. The van der Waals surface area contributed by atoms with Crippen LogP contribution in [0.25, 0.3) is 0 Å². The molecule has 0 unspecified atom stereocenters. The number of carbonyl (C=O) groups excluding carboxylic acids is 1. The number of nitrogens with one attached hydrogen (secondary N) is 1. The third kappa shape index (κ3) is 5.31. The summed E-state index contributed by atoms with van der Waals surface area (Å²) in [6.45, 7) is 0.203. The second-order valence-corrected chi connectivity index (χ2v) is 7.36. The number of hydrogen-bond donors (Lipinski definition) is 1. The van der Waals surface area contributed by atoms with E-state index in [1.807, 2.05) is 7.05 Å². The molecular formula is C20H21N5O5S. The number of methoxy groups -OCH3 is 2. The summed E-state index contributed by atoms with van der Waals surface area (Å²) in [5.74, 6) is 1.92. The molecule has 0 aliphatic rings. The van der Waals surface area contributed by atoms with E-state index >= 15 is 0 Å². The Hall–Kier alpha value is -3.60. The molecule has 3 aromatic rings. The number of carbonyl (C=O) groups is 1. The maximum absolute atomic E-state index is 12.5. The standard InChI is InChI=1S/C20H21N5O5S/c1-24-18(11-21-19(26)14-6-9-16(29-2)17(10-14)30-3)22-23-20(24)31-12-13-4-7-15(8-5-13)25(27)28/h4-10H,11-12H2,1-3H3,(H,21,26). The normalized spacial score (nSPS) is 10.5. The third-order valence-corrected chi connectivity index (χ3v) is 5.58. The van der Waals surface area contributed by atoms with Gasteiger partial charge >= 0.3 is 0 Å². The van der Waals surface area contributed by atoms with Gasteiger partial charge in [0.15, 0.2) is 22.5 Å². The number of non-ortho nitro benzene ring substituents is 1. The SMILES string of the molecule is COc1ccc(C(=O)NCc2nnc(SCc3ccc([N+](=O)[O-])cc3)n2C)cc1OC. The molecule has 1 N–H and O–H groups in total. The van der Waals surface area contributed by atoms with E-state index in [4.69, 9.17) is 9.47 Å². The molecule has 0 saturated carbocycles. The second kappa shape index (κ2) is 9.94. The van der Waals surface area contributed by atoms with Crippen LogP contribution in [0.1, 0.15) is 21.7 Å². The average Bonchev–Trinajstić information content (AvgIpc) is 3.14. The van der Waals surface area contributed by atoms with Crippen molar-refractivity contribution in [3.63, 3.8) is 0 Å². The van der Waals surface area contributed by atoms with Crippen LogP contribution in [0, 0.1) is 10.1 Å². The van der Waals surface area contributed by atoms with Crippen LogP contribution in [0.2, 0.25) is 0 Å². The van der Waals surface area contributed by atoms with Crippen molar-refractivity contribution in [2.45, 2.75) is 17.5 Å². The van der Waals surface area contributed by atoms with Crippen LogP contribution in [0.5, 0.6) is 11.5 Å². The highest BCUT2D eigenvalue weighted by molar-refractivity contribution is 7.98. The van der Waals surface area contributed by atoms with Crippen LogP contribution in [0.15, 0.2) is 47.6 Å². The number of aromatic nitrogens is 3. The van der Waals surface area contributed by atoms with E-state index in [1.165, 1.54) is 38.1 Å². The lowest BCUT2D eigenvalue weighted by molar-refractivity contribution is -0.384. The second-order valence-electron chi connectivity index (χ2n) is 6.42. The molecule has 0 aliphatic carbocycles. The van der Waals surface area contributed by atoms with E-state index in [0.717, 1.165) is 5.56 Å². The van der Waals surface area contributed by atoms with Crippen LogP contribution in [-0.4, -0.2) is 39.8 Å². The topological polar surface area (TPSA) is 121 Å². The molecule has 0 bridgehead atoms. The van der Waals surface area contributed by atoms with Gasteiger partial charge in [-0.05, 0) is 23.8 Å². The molecule has 2 aromatic carbocycles. The fourth-order valence-electron chi connectivity index (χ4n) is 2.73. The van der Waals surface area contributed by atoms with Gasteiger partial charge in [0.2, 0.25) is 0 Å². The van der Waals surface area contributed by atoms with Crippen LogP contribution in [0.4, 0.5) is 5.69 Å². The van der Waals surface area contributed by atoms with Gasteiger partial charge < -0.3 is 19.4 Å². The lowest BCUT2D eigenvalue weighted by Crippen LogP contribution is -2.24. The van der Waals surface area contributed by atoms with E-state index < -0.39 is 4.92 Å². The lowest BCUT2D eigenvalue weighted by Gasteiger charge is -2.10. The molecule has 0 saturated heterocycles. The summed E-state index contributed by atoms with van der Waals surface area (Å²) in [5, 5.41) is 22.5. The molecule has 1 heterocycles. The van der Waals surface area contributed by atoms with Gasteiger partial charge in [0.05, 0.1) is 25.7 Å². The molecule has 0 fully saturated rings. The van der Waals surface area contributed by atoms with E-state index in [1.54, 1.807) is 34.9 Å². The first-order valence-corrected chi connectivity index (χ1v) is 10.2. The lowest BCUT2D eigenvalue weighted by atomic mass is 10.2. The number of amides is 1. The molecular weight excluding hydrogens is 422 g/mol. The van der Waals surface area contributed by atoms with Gasteiger partial charge in [-0.15, -0.1) is 10.2 Å². The Bertz CT molecular complexity index is 1080. The summed E-state index contributed by atoms with van der Waals surface area (Å²) < 4.78 is 12.2. The molecule has 31 heavy (non-hydrogen) atoms. The number of thioether (sulfide) groups is 1. The van der Waals surface area contributed by atoms with E-state index in [2.05, 4.69) is 15.5 Å². The molecule has 11 heteroatoms. The van der Waals surface area contributed by atoms with E-state index in [9.17, 15) is 14.9 Å². The highest BCUT2D eigenvalue weighted by Crippen LogP contribution is 2.27. The Labute approximate surface area is 182 Å². The van der Waals surface area contributed by atoms with Gasteiger partial charge in [0.25, 0.3) is 11.6 Å². The molecule has 3 rings (SSSR count). The summed E-state index contributed by atoms with van der Waals surface area (Å²) in [6.07, 6.45) is 0. The van der Waals surface area contributed by atoms with E-state index in [-0.39, 0.29) is 18.1 Å². The highest BCUT2D eigenvalue weighted by Gasteiger charge is 2.14. The molecule has 0 atom stereocenters. The molecule has 0 radical (unpaired) electrons. The molecule has 0 aliphatic heterocycles.